The average molecular weight is 280 g/mol. The Labute approximate surface area is 81.3 Å². The Hall–Kier alpha value is -0.300. The first-order chi connectivity index (χ1) is 5.17. The smallest absolute Gasteiger partial charge is 0.237 e. The summed E-state index contributed by atoms with van der Waals surface area (Å²) in [6.07, 6.45) is 3.02. The molecule has 0 aromatic rings. The Bertz CT molecular complexity index is 314. The minimum absolute atomic E-state index is 0.560. The predicted octanol–water partition coefficient (Wildman–Crippen LogP) is 1.24. The van der Waals surface area contributed by atoms with Gasteiger partial charge in [0.05, 0.1) is 6.21 Å². The standard InChI is InChI=1S/C5H2ClIN4/c6-5(7)10-1-3-4(11-5)9-2-8-3/h1-2H. The Morgan fingerprint density at radius 2 is 2.36 bits per heavy atom. The summed E-state index contributed by atoms with van der Waals surface area (Å²) in [5.41, 5.74) is 0.679. The second-order valence-corrected chi connectivity index (χ2v) is 4.63. The lowest BCUT2D eigenvalue weighted by Gasteiger charge is -2.12. The first-order valence-corrected chi connectivity index (χ1v) is 4.27. The molecule has 4 nitrogen and oxygen atoms in total. The molecule has 0 aromatic heterocycles. The van der Waals surface area contributed by atoms with E-state index in [9.17, 15) is 0 Å². The van der Waals surface area contributed by atoms with E-state index in [-0.39, 0.29) is 0 Å². The Morgan fingerprint density at radius 1 is 1.55 bits per heavy atom. The molecule has 0 N–H and O–H groups in total. The summed E-state index contributed by atoms with van der Waals surface area (Å²) in [5.74, 6) is 0.560. The van der Waals surface area contributed by atoms with Crippen LogP contribution >= 0.6 is 34.2 Å². The molecule has 0 saturated carbocycles. The Balaban J connectivity index is 2.45. The minimum atomic E-state index is -0.923. The van der Waals surface area contributed by atoms with Crippen LogP contribution in [0.2, 0.25) is 0 Å². The fourth-order valence-corrected chi connectivity index (χ4v) is 1.24. The SMILES string of the molecule is ClC1(I)N=CC2=NC=NC2=N1. The van der Waals surface area contributed by atoms with E-state index in [2.05, 4.69) is 20.0 Å². The molecule has 11 heavy (non-hydrogen) atoms. The molecule has 0 fully saturated rings. The van der Waals surface area contributed by atoms with Gasteiger partial charge in [0.2, 0.25) is 0 Å². The molecule has 6 heteroatoms. The number of nitrogens with zero attached hydrogens (tertiary/aromatic N) is 4. The van der Waals surface area contributed by atoms with Gasteiger partial charge in [-0.15, -0.1) is 0 Å². The van der Waals surface area contributed by atoms with Gasteiger partial charge >= 0.3 is 0 Å². The van der Waals surface area contributed by atoms with E-state index < -0.39 is 3.13 Å². The van der Waals surface area contributed by atoms with Gasteiger partial charge in [-0.25, -0.2) is 20.0 Å². The summed E-state index contributed by atoms with van der Waals surface area (Å²) in [6.45, 7) is 0. The fourth-order valence-electron chi connectivity index (χ4n) is 0.742. The lowest BCUT2D eigenvalue weighted by atomic mass is 10.3. The van der Waals surface area contributed by atoms with Crippen LogP contribution in [0.3, 0.4) is 0 Å². The summed E-state index contributed by atoms with van der Waals surface area (Å²) >= 11 is 7.73. The van der Waals surface area contributed by atoms with Crippen molar-refractivity contribution in [1.82, 2.24) is 0 Å². The van der Waals surface area contributed by atoms with Gasteiger partial charge in [-0.2, -0.15) is 0 Å². The normalized spacial score (nSPS) is 33.3. The highest BCUT2D eigenvalue weighted by atomic mass is 127. The first-order valence-electron chi connectivity index (χ1n) is 2.81. The maximum Gasteiger partial charge on any atom is 0.280 e. The quantitative estimate of drug-likeness (QED) is 0.364. The molecule has 2 aliphatic heterocycles. The van der Waals surface area contributed by atoms with Crippen molar-refractivity contribution in [3.05, 3.63) is 0 Å². The summed E-state index contributed by atoms with van der Waals surface area (Å²) < 4.78 is -0.923. The Morgan fingerprint density at radius 3 is 3.18 bits per heavy atom. The lowest BCUT2D eigenvalue weighted by Crippen LogP contribution is -2.22. The van der Waals surface area contributed by atoms with Crippen molar-refractivity contribution in [1.29, 1.82) is 0 Å². The van der Waals surface area contributed by atoms with Crippen molar-refractivity contribution in [3.63, 3.8) is 0 Å². The number of hydrogen-bond acceptors (Lipinski definition) is 4. The molecule has 0 radical (unpaired) electrons. The molecule has 2 rings (SSSR count). The predicted molar refractivity (Wildman–Crippen MR) is 54.5 cm³/mol. The third-order valence-electron chi connectivity index (χ3n) is 1.19. The maximum atomic E-state index is 5.81. The average Bonchev–Trinajstić information content (AvgIpc) is 2.31. The van der Waals surface area contributed by atoms with Crippen LogP contribution in [0.1, 0.15) is 0 Å². The van der Waals surface area contributed by atoms with Gasteiger partial charge in [0.15, 0.2) is 5.84 Å². The van der Waals surface area contributed by atoms with Crippen LogP contribution in [-0.4, -0.2) is 27.2 Å². The zero-order valence-corrected chi connectivity index (χ0v) is 8.11. The molecule has 0 saturated heterocycles. The molecular formula is C5H2ClIN4. The van der Waals surface area contributed by atoms with Crippen molar-refractivity contribution in [2.24, 2.45) is 20.0 Å². The van der Waals surface area contributed by atoms with Crippen LogP contribution < -0.4 is 0 Å². The van der Waals surface area contributed by atoms with E-state index >= 15 is 0 Å². The van der Waals surface area contributed by atoms with Crippen LogP contribution in [0.15, 0.2) is 20.0 Å². The number of alkyl halides is 2. The second-order valence-electron chi connectivity index (χ2n) is 1.96. The highest BCUT2D eigenvalue weighted by Crippen LogP contribution is 2.29. The summed E-state index contributed by atoms with van der Waals surface area (Å²) in [6, 6.07) is 0. The van der Waals surface area contributed by atoms with Crippen LogP contribution in [0.25, 0.3) is 0 Å². The molecule has 1 unspecified atom stereocenters. The van der Waals surface area contributed by atoms with E-state index in [0.717, 1.165) is 0 Å². The lowest BCUT2D eigenvalue weighted by molar-refractivity contribution is 0.944. The number of fused-ring (bicyclic) bond motifs is 1. The first kappa shape index (κ1) is 7.35. The number of aliphatic imine (C=N–C) groups is 4. The molecule has 56 valence electrons. The van der Waals surface area contributed by atoms with Gasteiger partial charge in [0.25, 0.3) is 3.13 Å². The third-order valence-corrected chi connectivity index (χ3v) is 1.89. The van der Waals surface area contributed by atoms with Crippen molar-refractivity contribution < 1.29 is 0 Å². The molecular weight excluding hydrogens is 278 g/mol. The van der Waals surface area contributed by atoms with Crippen molar-refractivity contribution >= 4 is 58.3 Å². The molecule has 0 amide bonds. The van der Waals surface area contributed by atoms with Crippen molar-refractivity contribution in [3.8, 4) is 0 Å². The van der Waals surface area contributed by atoms with Gasteiger partial charge in [0, 0.05) is 0 Å². The second kappa shape index (κ2) is 2.34. The number of amidine groups is 1. The van der Waals surface area contributed by atoms with Gasteiger partial charge in [-0.05, 0) is 22.6 Å². The van der Waals surface area contributed by atoms with Gasteiger partial charge in [-0.3, -0.25) is 0 Å². The molecule has 1 atom stereocenters. The molecule has 0 spiro atoms. The number of rotatable bonds is 0. The third kappa shape index (κ3) is 1.34. The monoisotopic (exact) mass is 280 g/mol. The molecule has 2 aliphatic rings. The van der Waals surface area contributed by atoms with Crippen LogP contribution in [-0.2, 0) is 0 Å². The molecule has 0 aromatic carbocycles. The largest absolute Gasteiger partial charge is 0.280 e. The van der Waals surface area contributed by atoms with E-state index in [1.807, 2.05) is 22.6 Å². The zero-order chi connectivity index (χ0) is 7.90. The highest BCUT2D eigenvalue weighted by molar-refractivity contribution is 14.1. The van der Waals surface area contributed by atoms with Crippen molar-refractivity contribution in [2.45, 2.75) is 3.13 Å². The summed E-state index contributed by atoms with van der Waals surface area (Å²) in [7, 11) is 0. The molecule has 0 bridgehead atoms. The summed E-state index contributed by atoms with van der Waals surface area (Å²) in [5, 5.41) is 0. The Kier molecular flexibility index (Phi) is 1.57. The topological polar surface area (TPSA) is 49.4 Å². The van der Waals surface area contributed by atoms with Gasteiger partial charge in [0.1, 0.15) is 12.1 Å². The van der Waals surface area contributed by atoms with Crippen LogP contribution in [0, 0.1) is 0 Å². The number of hydrogen-bond donors (Lipinski definition) is 0. The molecule has 2 heterocycles. The van der Waals surface area contributed by atoms with Crippen molar-refractivity contribution in [2.75, 3.05) is 0 Å². The highest BCUT2D eigenvalue weighted by Gasteiger charge is 2.27. The minimum Gasteiger partial charge on any atom is -0.237 e. The van der Waals surface area contributed by atoms with Gasteiger partial charge < -0.3 is 0 Å². The van der Waals surface area contributed by atoms with E-state index in [1.54, 1.807) is 6.21 Å². The van der Waals surface area contributed by atoms with Crippen LogP contribution in [0.5, 0.6) is 0 Å². The van der Waals surface area contributed by atoms with Crippen LogP contribution in [0.4, 0.5) is 0 Å². The van der Waals surface area contributed by atoms with E-state index in [4.69, 9.17) is 11.6 Å². The molecule has 0 aliphatic carbocycles. The zero-order valence-electron chi connectivity index (χ0n) is 5.20. The summed E-state index contributed by atoms with van der Waals surface area (Å²) in [4.78, 5) is 15.8. The maximum absolute atomic E-state index is 5.81. The number of halogens is 2. The van der Waals surface area contributed by atoms with E-state index in [0.29, 0.717) is 11.5 Å². The van der Waals surface area contributed by atoms with Gasteiger partial charge in [-0.1, -0.05) is 11.6 Å². The van der Waals surface area contributed by atoms with E-state index in [1.165, 1.54) is 6.34 Å². The fraction of sp³-hybridized carbons (Fsp3) is 0.200.